The average molecular weight is 276 g/mol. The number of carbonyl (C=O) groups excluding carboxylic acids is 1. The topological polar surface area (TPSA) is 75.0 Å². The Labute approximate surface area is 118 Å². The zero-order valence-electron chi connectivity index (χ0n) is 12.5. The van der Waals surface area contributed by atoms with Gasteiger partial charge in [0, 0.05) is 18.3 Å². The number of amides is 1. The van der Waals surface area contributed by atoms with Crippen LogP contribution < -0.4 is 0 Å². The van der Waals surface area contributed by atoms with Gasteiger partial charge in [-0.05, 0) is 25.8 Å². The highest BCUT2D eigenvalue weighted by atomic mass is 16.5. The Morgan fingerprint density at radius 1 is 1.45 bits per heavy atom. The van der Waals surface area contributed by atoms with Gasteiger partial charge in [-0.15, -0.1) is 0 Å². The third-order valence-corrected chi connectivity index (χ3v) is 3.36. The summed E-state index contributed by atoms with van der Waals surface area (Å²) in [5.74, 6) is 0.942. The number of rotatable bonds is 4. The molecule has 0 aromatic carbocycles. The second kappa shape index (κ2) is 5.48. The third-order valence-electron chi connectivity index (χ3n) is 3.36. The Morgan fingerprint density at radius 2 is 2.15 bits per heavy atom. The van der Waals surface area contributed by atoms with Crippen LogP contribution in [0.2, 0.25) is 0 Å². The van der Waals surface area contributed by atoms with Crippen molar-refractivity contribution in [3.05, 3.63) is 34.5 Å². The molecule has 0 bridgehead atoms. The molecule has 0 aliphatic heterocycles. The number of H-pyrrole nitrogens is 1. The van der Waals surface area contributed by atoms with Gasteiger partial charge in [0.1, 0.15) is 11.5 Å². The first-order valence-corrected chi connectivity index (χ1v) is 6.62. The van der Waals surface area contributed by atoms with Gasteiger partial charge in [0.2, 0.25) is 0 Å². The van der Waals surface area contributed by atoms with E-state index >= 15 is 0 Å². The zero-order valence-corrected chi connectivity index (χ0v) is 12.5. The molecule has 0 unspecified atom stereocenters. The van der Waals surface area contributed by atoms with E-state index in [0.717, 1.165) is 22.7 Å². The van der Waals surface area contributed by atoms with Crippen molar-refractivity contribution in [1.82, 2.24) is 20.3 Å². The van der Waals surface area contributed by atoms with Crippen molar-refractivity contribution >= 4 is 5.91 Å². The average Bonchev–Trinajstić information content (AvgIpc) is 3.00. The number of aromatic nitrogens is 3. The number of hydrogen-bond donors (Lipinski definition) is 1. The summed E-state index contributed by atoms with van der Waals surface area (Å²) in [6.07, 6.45) is 0. The Hall–Kier alpha value is -2.11. The highest BCUT2D eigenvalue weighted by Gasteiger charge is 2.19. The minimum Gasteiger partial charge on any atom is -0.361 e. The van der Waals surface area contributed by atoms with Gasteiger partial charge >= 0.3 is 0 Å². The van der Waals surface area contributed by atoms with E-state index in [9.17, 15) is 4.79 Å². The van der Waals surface area contributed by atoms with Gasteiger partial charge in [-0.2, -0.15) is 5.10 Å². The van der Waals surface area contributed by atoms with Crippen molar-refractivity contribution in [1.29, 1.82) is 0 Å². The summed E-state index contributed by atoms with van der Waals surface area (Å²) in [5.41, 5.74) is 3.15. The molecule has 0 radical (unpaired) electrons. The molecule has 2 heterocycles. The second-order valence-corrected chi connectivity index (χ2v) is 5.33. The zero-order chi connectivity index (χ0) is 14.9. The van der Waals surface area contributed by atoms with Crippen molar-refractivity contribution in [2.45, 2.75) is 40.2 Å². The number of nitrogens with zero attached hydrogens (tertiary/aromatic N) is 3. The Bertz CT molecular complexity index is 593. The summed E-state index contributed by atoms with van der Waals surface area (Å²) in [5, 5.41) is 10.9. The molecule has 0 aliphatic rings. The lowest BCUT2D eigenvalue weighted by molar-refractivity contribution is 0.0778. The predicted molar refractivity (Wildman–Crippen MR) is 74.5 cm³/mol. The standard InChI is InChI=1S/C14H20N4O2/c1-8(2)12-6-13(16-15-12)14(19)18(5)7-11-9(3)17-20-10(11)4/h6,8H,7H2,1-5H3,(H,15,16). The van der Waals surface area contributed by atoms with Gasteiger partial charge in [0.05, 0.1) is 12.2 Å². The van der Waals surface area contributed by atoms with Gasteiger partial charge in [-0.3, -0.25) is 9.89 Å². The summed E-state index contributed by atoms with van der Waals surface area (Å²) >= 11 is 0. The maximum Gasteiger partial charge on any atom is 0.274 e. The smallest absolute Gasteiger partial charge is 0.274 e. The van der Waals surface area contributed by atoms with Crippen LogP contribution in [0, 0.1) is 13.8 Å². The first kappa shape index (κ1) is 14.3. The molecular formula is C14H20N4O2. The van der Waals surface area contributed by atoms with Crippen LogP contribution in [-0.2, 0) is 6.54 Å². The summed E-state index contributed by atoms with van der Waals surface area (Å²) in [4.78, 5) is 13.9. The third kappa shape index (κ3) is 2.74. The first-order valence-electron chi connectivity index (χ1n) is 6.62. The Kier molecular flexibility index (Phi) is 3.92. The van der Waals surface area contributed by atoms with Gasteiger partial charge in [0.25, 0.3) is 5.91 Å². The van der Waals surface area contributed by atoms with Gasteiger partial charge < -0.3 is 9.42 Å². The van der Waals surface area contributed by atoms with E-state index < -0.39 is 0 Å². The minimum atomic E-state index is -0.117. The minimum absolute atomic E-state index is 0.117. The molecule has 2 aromatic rings. The molecule has 2 aromatic heterocycles. The monoisotopic (exact) mass is 276 g/mol. The van der Waals surface area contributed by atoms with Crippen molar-refractivity contribution in [2.24, 2.45) is 0 Å². The highest BCUT2D eigenvalue weighted by Crippen LogP contribution is 2.17. The summed E-state index contributed by atoms with van der Waals surface area (Å²) in [6.45, 7) is 8.28. The number of nitrogens with one attached hydrogen (secondary N) is 1. The fourth-order valence-electron chi connectivity index (χ4n) is 1.97. The number of hydrogen-bond acceptors (Lipinski definition) is 4. The van der Waals surface area contributed by atoms with Crippen LogP contribution in [0.5, 0.6) is 0 Å². The first-order chi connectivity index (χ1) is 9.40. The summed E-state index contributed by atoms with van der Waals surface area (Å²) in [7, 11) is 1.75. The molecule has 2 rings (SSSR count). The highest BCUT2D eigenvalue weighted by molar-refractivity contribution is 5.92. The normalized spacial score (nSPS) is 11.1. The van der Waals surface area contributed by atoms with Crippen LogP contribution in [-0.4, -0.2) is 33.2 Å². The van der Waals surface area contributed by atoms with Gasteiger partial charge in [-0.1, -0.05) is 19.0 Å². The van der Waals surface area contributed by atoms with E-state index in [1.54, 1.807) is 18.0 Å². The molecule has 0 atom stereocenters. The van der Waals surface area contributed by atoms with E-state index in [0.29, 0.717) is 18.2 Å². The lowest BCUT2D eigenvalue weighted by Gasteiger charge is -2.15. The maximum atomic E-state index is 12.3. The molecule has 6 nitrogen and oxygen atoms in total. The van der Waals surface area contributed by atoms with Crippen molar-refractivity contribution in [2.75, 3.05) is 7.05 Å². The largest absolute Gasteiger partial charge is 0.361 e. The van der Waals surface area contributed by atoms with Crippen LogP contribution in [0.25, 0.3) is 0 Å². The van der Waals surface area contributed by atoms with E-state index in [1.165, 1.54) is 0 Å². The quantitative estimate of drug-likeness (QED) is 0.930. The van der Waals surface area contributed by atoms with E-state index in [4.69, 9.17) is 4.52 Å². The van der Waals surface area contributed by atoms with Crippen molar-refractivity contribution in [3.63, 3.8) is 0 Å². The molecule has 20 heavy (non-hydrogen) atoms. The Morgan fingerprint density at radius 3 is 2.65 bits per heavy atom. The molecule has 6 heteroatoms. The van der Waals surface area contributed by atoms with Crippen LogP contribution in [0.4, 0.5) is 0 Å². The van der Waals surface area contributed by atoms with Gasteiger partial charge in [0.15, 0.2) is 0 Å². The van der Waals surface area contributed by atoms with Crippen LogP contribution >= 0.6 is 0 Å². The lowest BCUT2D eigenvalue weighted by Crippen LogP contribution is -2.27. The molecule has 0 fully saturated rings. The molecule has 0 spiro atoms. The van der Waals surface area contributed by atoms with Crippen LogP contribution in [0.1, 0.15) is 53.0 Å². The molecule has 1 N–H and O–H groups in total. The van der Waals surface area contributed by atoms with Crippen LogP contribution in [0.3, 0.4) is 0 Å². The molecule has 0 saturated carbocycles. The molecule has 1 amide bonds. The van der Waals surface area contributed by atoms with Crippen molar-refractivity contribution < 1.29 is 9.32 Å². The SMILES string of the molecule is Cc1noc(C)c1CN(C)C(=O)c1cc(C(C)C)[nH]n1. The number of aromatic amines is 1. The van der Waals surface area contributed by atoms with Crippen molar-refractivity contribution in [3.8, 4) is 0 Å². The van der Waals surface area contributed by atoms with E-state index in [-0.39, 0.29) is 5.91 Å². The fraction of sp³-hybridized carbons (Fsp3) is 0.500. The summed E-state index contributed by atoms with van der Waals surface area (Å²) < 4.78 is 5.11. The molecule has 108 valence electrons. The maximum absolute atomic E-state index is 12.3. The van der Waals surface area contributed by atoms with Crippen LogP contribution in [0.15, 0.2) is 10.6 Å². The molecule has 0 saturated heterocycles. The molecular weight excluding hydrogens is 256 g/mol. The molecule has 0 aliphatic carbocycles. The Balaban J connectivity index is 2.12. The summed E-state index contributed by atoms with van der Waals surface area (Å²) in [6, 6.07) is 1.80. The second-order valence-electron chi connectivity index (χ2n) is 5.33. The lowest BCUT2D eigenvalue weighted by atomic mass is 10.1. The number of aryl methyl sites for hydroxylation is 2. The fourth-order valence-corrected chi connectivity index (χ4v) is 1.97. The van der Waals surface area contributed by atoms with E-state index in [2.05, 4.69) is 29.2 Å². The predicted octanol–water partition coefficient (Wildman–Crippen LogP) is 2.41. The number of carbonyl (C=O) groups is 1. The van der Waals surface area contributed by atoms with E-state index in [1.807, 2.05) is 13.8 Å². The van der Waals surface area contributed by atoms with Gasteiger partial charge in [-0.25, -0.2) is 0 Å².